The highest BCUT2D eigenvalue weighted by Crippen LogP contribution is 2.26. The van der Waals surface area contributed by atoms with Gasteiger partial charge in [0.15, 0.2) is 24.6 Å². The van der Waals surface area contributed by atoms with E-state index < -0.39 is 67.3 Å². The minimum absolute atomic E-state index is 0.0499. The molecule has 0 aliphatic carbocycles. The molecular formula is C67H112O12. The van der Waals surface area contributed by atoms with Crippen LogP contribution in [-0.2, 0) is 42.9 Å². The summed E-state index contributed by atoms with van der Waals surface area (Å²) in [6, 6.07) is 0. The van der Waals surface area contributed by atoms with E-state index in [9.17, 15) is 34.5 Å². The number of aliphatic hydroxyl groups excluding tert-OH is 2. The Balaban J connectivity index is 2.69. The molecule has 1 fully saturated rings. The number of carboxylic acid groups (broad SMARTS) is 1. The second-order valence-electron chi connectivity index (χ2n) is 21.3. The van der Waals surface area contributed by atoms with E-state index in [0.29, 0.717) is 25.7 Å². The lowest BCUT2D eigenvalue weighted by atomic mass is 9.98. The summed E-state index contributed by atoms with van der Waals surface area (Å²) in [5.41, 5.74) is 0. The molecule has 0 aromatic carbocycles. The van der Waals surface area contributed by atoms with E-state index in [4.69, 9.17) is 23.7 Å². The van der Waals surface area contributed by atoms with E-state index in [1.165, 1.54) is 96.3 Å². The summed E-state index contributed by atoms with van der Waals surface area (Å²) in [6.07, 6.45) is 58.4. The van der Waals surface area contributed by atoms with Crippen LogP contribution in [0, 0.1) is 0 Å². The molecule has 1 aliphatic heterocycles. The number of esters is 3. The third-order valence-electron chi connectivity index (χ3n) is 13.9. The number of allylic oxidation sites excluding steroid dienone is 14. The number of ether oxygens (including phenoxy) is 5. The molecule has 0 aromatic heterocycles. The van der Waals surface area contributed by atoms with Gasteiger partial charge in [-0.3, -0.25) is 14.4 Å². The zero-order chi connectivity index (χ0) is 57.5. The monoisotopic (exact) mass is 1110 g/mol. The normalized spacial score (nSPS) is 18.4. The zero-order valence-electron chi connectivity index (χ0n) is 49.8. The van der Waals surface area contributed by atoms with Crippen molar-refractivity contribution in [2.45, 2.75) is 302 Å². The first-order valence-corrected chi connectivity index (χ1v) is 31.6. The number of carboxylic acids is 1. The molecule has 0 spiro atoms. The van der Waals surface area contributed by atoms with Gasteiger partial charge in [0, 0.05) is 19.3 Å². The standard InChI is InChI=1S/C67H112O12/c1-4-7-10-13-16-19-22-25-27-29-30-32-34-37-40-43-46-49-52-55-61(70)78-65-63(72)62(71)64(66(73)74)79-67(65)76-57-58(77-60(69)54-51-48-45-42-39-35-24-21-18-15-12-9-6-3)56-75-59(68)53-50-47-44-41-38-36-33-31-28-26-23-20-17-14-11-8-5-2/h8,11,17,20-21,24-28,33,36,41,44,58,62-65,67,71-72H,4-7,9-10,12-16,18-19,22-23,29-32,34-35,37-40,42-43,45-57H2,1-3H3,(H,73,74)/b11-8-,20-17-,24-21-,27-25-,28-26-,36-33-,44-41-. The van der Waals surface area contributed by atoms with E-state index in [-0.39, 0.29) is 25.9 Å². The molecule has 0 amide bonds. The molecule has 6 unspecified atom stereocenters. The van der Waals surface area contributed by atoms with Gasteiger partial charge < -0.3 is 39.0 Å². The quantitative estimate of drug-likeness (QED) is 0.0228. The molecule has 0 radical (unpaired) electrons. The van der Waals surface area contributed by atoms with Gasteiger partial charge in [0.2, 0.25) is 0 Å². The summed E-state index contributed by atoms with van der Waals surface area (Å²) in [7, 11) is 0. The minimum atomic E-state index is -1.91. The number of hydrogen-bond acceptors (Lipinski definition) is 11. The number of aliphatic carboxylic acids is 1. The summed E-state index contributed by atoms with van der Waals surface area (Å²) in [5, 5.41) is 31.6. The maximum atomic E-state index is 13.1. The number of unbranched alkanes of at least 4 members (excludes halogenated alkanes) is 25. The zero-order valence-corrected chi connectivity index (χ0v) is 49.8. The van der Waals surface area contributed by atoms with Crippen molar-refractivity contribution >= 4 is 23.9 Å². The molecule has 79 heavy (non-hydrogen) atoms. The van der Waals surface area contributed by atoms with Crippen LogP contribution in [-0.4, -0.2) is 89.2 Å². The Bertz CT molecular complexity index is 1700. The van der Waals surface area contributed by atoms with Crippen molar-refractivity contribution in [1.29, 1.82) is 0 Å². The van der Waals surface area contributed by atoms with Crippen molar-refractivity contribution < 1.29 is 58.2 Å². The Labute approximate surface area is 480 Å². The molecule has 452 valence electrons. The van der Waals surface area contributed by atoms with E-state index in [1.807, 2.05) is 6.08 Å². The minimum Gasteiger partial charge on any atom is -0.479 e. The molecule has 3 N–H and O–H groups in total. The summed E-state index contributed by atoms with van der Waals surface area (Å²) >= 11 is 0. The van der Waals surface area contributed by atoms with Crippen LogP contribution in [0.15, 0.2) is 85.1 Å². The van der Waals surface area contributed by atoms with Crippen molar-refractivity contribution in [3.63, 3.8) is 0 Å². The maximum Gasteiger partial charge on any atom is 0.335 e. The van der Waals surface area contributed by atoms with Crippen LogP contribution in [0.25, 0.3) is 0 Å². The molecule has 1 aliphatic rings. The van der Waals surface area contributed by atoms with Crippen LogP contribution in [0.1, 0.15) is 265 Å². The maximum absolute atomic E-state index is 13.1. The first-order chi connectivity index (χ1) is 38.6. The van der Waals surface area contributed by atoms with Crippen LogP contribution >= 0.6 is 0 Å². The molecule has 12 heteroatoms. The number of carbonyl (C=O) groups excluding carboxylic acids is 3. The highest BCUT2D eigenvalue weighted by Gasteiger charge is 2.50. The summed E-state index contributed by atoms with van der Waals surface area (Å²) in [4.78, 5) is 51.2. The predicted octanol–water partition coefficient (Wildman–Crippen LogP) is 16.7. The van der Waals surface area contributed by atoms with Crippen molar-refractivity contribution in [2.75, 3.05) is 13.2 Å². The lowest BCUT2D eigenvalue weighted by Gasteiger charge is -2.40. The predicted molar refractivity (Wildman–Crippen MR) is 321 cm³/mol. The average Bonchev–Trinajstić information content (AvgIpc) is 3.47. The second-order valence-corrected chi connectivity index (χ2v) is 21.3. The number of carbonyl (C=O) groups is 4. The molecule has 12 nitrogen and oxygen atoms in total. The Morgan fingerprint density at radius 1 is 0.430 bits per heavy atom. The summed E-state index contributed by atoms with van der Waals surface area (Å²) < 4.78 is 28.4. The van der Waals surface area contributed by atoms with Crippen LogP contribution in [0.5, 0.6) is 0 Å². The van der Waals surface area contributed by atoms with Crippen molar-refractivity contribution in [1.82, 2.24) is 0 Å². The smallest absolute Gasteiger partial charge is 0.335 e. The van der Waals surface area contributed by atoms with E-state index in [2.05, 4.69) is 99.8 Å². The lowest BCUT2D eigenvalue weighted by Crippen LogP contribution is -2.61. The highest BCUT2D eigenvalue weighted by atomic mass is 16.7. The Kier molecular flexibility index (Phi) is 50.3. The molecule has 0 aromatic rings. The van der Waals surface area contributed by atoms with Gasteiger partial charge in [0.1, 0.15) is 18.8 Å². The van der Waals surface area contributed by atoms with Crippen LogP contribution < -0.4 is 0 Å². The molecule has 1 rings (SSSR count). The molecule has 1 heterocycles. The van der Waals surface area contributed by atoms with E-state index >= 15 is 0 Å². The average molecular weight is 1110 g/mol. The molecular weight excluding hydrogens is 997 g/mol. The fourth-order valence-corrected chi connectivity index (χ4v) is 9.10. The van der Waals surface area contributed by atoms with Crippen molar-refractivity contribution in [2.24, 2.45) is 0 Å². The van der Waals surface area contributed by atoms with E-state index in [1.54, 1.807) is 0 Å². The first kappa shape index (κ1) is 72.9. The molecule has 0 saturated carbocycles. The third kappa shape index (κ3) is 44.3. The van der Waals surface area contributed by atoms with Gasteiger partial charge in [-0.05, 0) is 109 Å². The van der Waals surface area contributed by atoms with Gasteiger partial charge in [0.05, 0.1) is 6.61 Å². The van der Waals surface area contributed by atoms with Crippen molar-refractivity contribution in [3.05, 3.63) is 85.1 Å². The van der Waals surface area contributed by atoms with Gasteiger partial charge in [-0.1, -0.05) is 221 Å². The Hall–Kier alpha value is -4.10. The van der Waals surface area contributed by atoms with Crippen LogP contribution in [0.2, 0.25) is 0 Å². The van der Waals surface area contributed by atoms with Gasteiger partial charge in [-0.25, -0.2) is 4.79 Å². The number of aliphatic hydroxyl groups is 2. The summed E-state index contributed by atoms with van der Waals surface area (Å²) in [6.45, 7) is 5.82. The fourth-order valence-electron chi connectivity index (χ4n) is 9.10. The Morgan fingerprint density at radius 3 is 1.28 bits per heavy atom. The second kappa shape index (κ2) is 54.5. The SMILES string of the molecule is CC/C=C\C/C=C\C/C=C\C/C=C\C/C=C\CCCC(=O)OCC(COC1OC(C(=O)O)C(O)C(O)C1OC(=O)CCCCCCCCCCC/C=C\CCCCCCCC)OC(=O)CCCCCCC/C=C\CCCCCC. The lowest BCUT2D eigenvalue weighted by molar-refractivity contribution is -0.301. The van der Waals surface area contributed by atoms with Crippen LogP contribution in [0.4, 0.5) is 0 Å². The van der Waals surface area contributed by atoms with Crippen LogP contribution in [0.3, 0.4) is 0 Å². The van der Waals surface area contributed by atoms with Gasteiger partial charge in [-0.2, -0.15) is 0 Å². The number of hydrogen-bond donors (Lipinski definition) is 3. The molecule has 6 atom stereocenters. The van der Waals surface area contributed by atoms with Gasteiger partial charge >= 0.3 is 23.9 Å². The van der Waals surface area contributed by atoms with E-state index in [0.717, 1.165) is 103 Å². The topological polar surface area (TPSA) is 175 Å². The largest absolute Gasteiger partial charge is 0.479 e. The van der Waals surface area contributed by atoms with Gasteiger partial charge in [-0.15, -0.1) is 0 Å². The molecule has 0 bridgehead atoms. The summed E-state index contributed by atoms with van der Waals surface area (Å²) in [5.74, 6) is -3.21. The number of rotatable bonds is 53. The highest BCUT2D eigenvalue weighted by molar-refractivity contribution is 5.74. The first-order valence-electron chi connectivity index (χ1n) is 31.6. The Morgan fingerprint density at radius 2 is 0.810 bits per heavy atom. The van der Waals surface area contributed by atoms with Crippen molar-refractivity contribution in [3.8, 4) is 0 Å². The molecule has 1 saturated heterocycles. The fraction of sp³-hybridized carbons (Fsp3) is 0.731. The van der Waals surface area contributed by atoms with Gasteiger partial charge in [0.25, 0.3) is 0 Å². The third-order valence-corrected chi connectivity index (χ3v) is 13.9.